The highest BCUT2D eigenvalue weighted by molar-refractivity contribution is 5.93. The summed E-state index contributed by atoms with van der Waals surface area (Å²) in [6, 6.07) is 7.61. The lowest BCUT2D eigenvalue weighted by molar-refractivity contribution is 0.0552. The Balaban J connectivity index is 2.30. The van der Waals surface area contributed by atoms with Crippen LogP contribution in [0.2, 0.25) is 0 Å². The molecule has 1 aromatic carbocycles. The Morgan fingerprint density at radius 1 is 1.22 bits per heavy atom. The second-order valence-corrected chi connectivity index (χ2v) is 6.13. The van der Waals surface area contributed by atoms with Crippen molar-refractivity contribution >= 4 is 5.91 Å². The smallest absolute Gasteiger partial charge is 0.273 e. The minimum atomic E-state index is -0.427. The number of halogens is 1. The van der Waals surface area contributed by atoms with E-state index in [2.05, 4.69) is 9.97 Å². The number of carbonyl (C=O) groups excluding carboxylic acids is 1. The van der Waals surface area contributed by atoms with Gasteiger partial charge >= 0.3 is 0 Å². The molecule has 1 aromatic heterocycles. The van der Waals surface area contributed by atoms with E-state index < -0.39 is 5.54 Å². The average Bonchev–Trinajstić information content (AvgIpc) is 2.52. The third-order valence-corrected chi connectivity index (χ3v) is 3.38. The summed E-state index contributed by atoms with van der Waals surface area (Å²) in [5, 5.41) is 0. The number of methoxy groups -OCH3 is 1. The minimum Gasteiger partial charge on any atom is -0.481 e. The molecule has 23 heavy (non-hydrogen) atoms. The summed E-state index contributed by atoms with van der Waals surface area (Å²) in [7, 11) is 1.48. The fourth-order valence-electron chi connectivity index (χ4n) is 2.09. The van der Waals surface area contributed by atoms with Crippen LogP contribution in [0.4, 0.5) is 4.39 Å². The van der Waals surface area contributed by atoms with E-state index in [9.17, 15) is 9.18 Å². The van der Waals surface area contributed by atoms with E-state index in [4.69, 9.17) is 4.74 Å². The topological polar surface area (TPSA) is 55.3 Å². The van der Waals surface area contributed by atoms with Gasteiger partial charge in [0, 0.05) is 18.2 Å². The van der Waals surface area contributed by atoms with Crippen LogP contribution in [-0.4, -0.2) is 33.4 Å². The van der Waals surface area contributed by atoms with Crippen LogP contribution < -0.4 is 4.74 Å². The van der Waals surface area contributed by atoms with Crippen molar-refractivity contribution in [3.8, 4) is 5.88 Å². The number of hydrogen-bond donors (Lipinski definition) is 0. The number of rotatable bonds is 4. The summed E-state index contributed by atoms with van der Waals surface area (Å²) in [6.07, 6.45) is 1.30. The predicted octanol–water partition coefficient (Wildman–Crippen LogP) is 3.07. The molecular weight excluding hydrogens is 297 g/mol. The zero-order valence-electron chi connectivity index (χ0n) is 13.7. The predicted molar refractivity (Wildman–Crippen MR) is 84.6 cm³/mol. The van der Waals surface area contributed by atoms with Crippen molar-refractivity contribution < 1.29 is 13.9 Å². The zero-order chi connectivity index (χ0) is 17.0. The molecular formula is C17H20FN3O2. The molecule has 0 unspecified atom stereocenters. The van der Waals surface area contributed by atoms with Crippen molar-refractivity contribution in [1.82, 2.24) is 14.9 Å². The van der Waals surface area contributed by atoms with Crippen LogP contribution >= 0.6 is 0 Å². The number of ether oxygens (including phenoxy) is 1. The first-order chi connectivity index (χ1) is 10.8. The second kappa shape index (κ2) is 6.73. The fourth-order valence-corrected chi connectivity index (χ4v) is 2.09. The standard InChI is InChI=1S/C17H20FN3O2/c1-17(2,3)21(10-12-5-7-13(18)8-6-12)16(22)14-9-15(23-4)20-11-19-14/h5-9,11H,10H2,1-4H3. The summed E-state index contributed by atoms with van der Waals surface area (Å²) >= 11 is 0. The lowest BCUT2D eigenvalue weighted by Gasteiger charge is -2.35. The molecule has 6 heteroatoms. The molecule has 0 radical (unpaired) electrons. The van der Waals surface area contributed by atoms with E-state index in [1.807, 2.05) is 20.8 Å². The second-order valence-electron chi connectivity index (χ2n) is 6.13. The maximum absolute atomic E-state index is 13.1. The maximum atomic E-state index is 13.1. The van der Waals surface area contributed by atoms with Crippen molar-refractivity contribution in [2.75, 3.05) is 7.11 Å². The Morgan fingerprint density at radius 3 is 2.43 bits per heavy atom. The first-order valence-corrected chi connectivity index (χ1v) is 7.23. The van der Waals surface area contributed by atoms with Gasteiger partial charge < -0.3 is 9.64 Å². The van der Waals surface area contributed by atoms with Gasteiger partial charge in [0.15, 0.2) is 0 Å². The lowest BCUT2D eigenvalue weighted by Crippen LogP contribution is -2.45. The average molecular weight is 317 g/mol. The van der Waals surface area contributed by atoms with Crippen molar-refractivity contribution in [2.45, 2.75) is 32.9 Å². The molecule has 5 nitrogen and oxygen atoms in total. The van der Waals surface area contributed by atoms with Crippen LogP contribution in [0.15, 0.2) is 36.7 Å². The van der Waals surface area contributed by atoms with Crippen molar-refractivity contribution in [3.05, 3.63) is 53.7 Å². The molecule has 1 heterocycles. The number of amides is 1. The highest BCUT2D eigenvalue weighted by atomic mass is 19.1. The maximum Gasteiger partial charge on any atom is 0.273 e. The Bertz CT molecular complexity index is 681. The van der Waals surface area contributed by atoms with Crippen molar-refractivity contribution in [2.24, 2.45) is 0 Å². The van der Waals surface area contributed by atoms with E-state index >= 15 is 0 Å². The highest BCUT2D eigenvalue weighted by Gasteiger charge is 2.28. The molecule has 0 aliphatic carbocycles. The summed E-state index contributed by atoms with van der Waals surface area (Å²) < 4.78 is 18.1. The van der Waals surface area contributed by atoms with Gasteiger partial charge in [-0.2, -0.15) is 0 Å². The molecule has 2 rings (SSSR count). The van der Waals surface area contributed by atoms with E-state index in [-0.39, 0.29) is 17.4 Å². The third-order valence-electron chi connectivity index (χ3n) is 3.38. The van der Waals surface area contributed by atoms with Crippen LogP contribution in [0.3, 0.4) is 0 Å². The van der Waals surface area contributed by atoms with E-state index in [0.29, 0.717) is 12.4 Å². The van der Waals surface area contributed by atoms with E-state index in [1.54, 1.807) is 17.0 Å². The molecule has 0 atom stereocenters. The Kier molecular flexibility index (Phi) is 4.93. The largest absolute Gasteiger partial charge is 0.481 e. The fraction of sp³-hybridized carbons (Fsp3) is 0.353. The number of aromatic nitrogens is 2. The van der Waals surface area contributed by atoms with Crippen LogP contribution in [0.1, 0.15) is 36.8 Å². The Morgan fingerprint density at radius 2 is 1.87 bits per heavy atom. The number of nitrogens with zero attached hydrogens (tertiary/aromatic N) is 3. The first kappa shape index (κ1) is 16.9. The zero-order valence-corrected chi connectivity index (χ0v) is 13.7. The minimum absolute atomic E-state index is 0.234. The van der Waals surface area contributed by atoms with Gasteiger partial charge in [0.05, 0.1) is 7.11 Å². The van der Waals surface area contributed by atoms with Gasteiger partial charge in [0.25, 0.3) is 5.91 Å². The summed E-state index contributed by atoms with van der Waals surface area (Å²) in [5.41, 5.74) is 0.675. The van der Waals surface area contributed by atoms with Crippen LogP contribution in [0.5, 0.6) is 5.88 Å². The number of carbonyl (C=O) groups is 1. The summed E-state index contributed by atoms with van der Waals surface area (Å²) in [4.78, 5) is 22.5. The van der Waals surface area contributed by atoms with Gasteiger partial charge in [-0.05, 0) is 38.5 Å². The molecule has 0 N–H and O–H groups in total. The lowest BCUT2D eigenvalue weighted by atomic mass is 10.0. The van der Waals surface area contributed by atoms with Crippen LogP contribution in [0, 0.1) is 5.82 Å². The molecule has 2 aromatic rings. The van der Waals surface area contributed by atoms with Crippen molar-refractivity contribution in [1.29, 1.82) is 0 Å². The number of hydrogen-bond acceptors (Lipinski definition) is 4. The molecule has 122 valence electrons. The normalized spacial score (nSPS) is 11.2. The van der Waals surface area contributed by atoms with Gasteiger partial charge in [0.2, 0.25) is 5.88 Å². The van der Waals surface area contributed by atoms with E-state index in [1.165, 1.54) is 31.6 Å². The van der Waals surface area contributed by atoms with Gasteiger partial charge in [0.1, 0.15) is 17.8 Å². The van der Waals surface area contributed by atoms with Gasteiger partial charge in [-0.25, -0.2) is 14.4 Å². The van der Waals surface area contributed by atoms with Crippen LogP contribution in [-0.2, 0) is 6.54 Å². The Hall–Kier alpha value is -2.50. The van der Waals surface area contributed by atoms with Crippen LogP contribution in [0.25, 0.3) is 0 Å². The molecule has 0 fully saturated rings. The monoisotopic (exact) mass is 317 g/mol. The van der Waals surface area contributed by atoms with Crippen molar-refractivity contribution in [3.63, 3.8) is 0 Å². The Labute approximate surface area is 135 Å². The molecule has 0 saturated heterocycles. The molecule has 1 amide bonds. The van der Waals surface area contributed by atoms with E-state index in [0.717, 1.165) is 5.56 Å². The quantitative estimate of drug-likeness (QED) is 0.869. The summed E-state index contributed by atoms with van der Waals surface area (Å²) in [5.74, 6) is -0.204. The molecule has 0 aliphatic heterocycles. The number of benzene rings is 1. The third kappa shape index (κ3) is 4.25. The first-order valence-electron chi connectivity index (χ1n) is 7.23. The van der Waals surface area contributed by atoms with Gasteiger partial charge in [-0.3, -0.25) is 4.79 Å². The molecule has 0 bridgehead atoms. The summed E-state index contributed by atoms with van der Waals surface area (Å²) in [6.45, 7) is 6.17. The SMILES string of the molecule is COc1cc(C(=O)N(Cc2ccc(F)cc2)C(C)(C)C)ncn1. The highest BCUT2D eigenvalue weighted by Crippen LogP contribution is 2.21. The van der Waals surface area contributed by atoms with Gasteiger partial charge in [-0.15, -0.1) is 0 Å². The molecule has 0 aliphatic rings. The molecule has 0 saturated carbocycles. The van der Waals surface area contributed by atoms with Gasteiger partial charge in [-0.1, -0.05) is 12.1 Å². The molecule has 0 spiro atoms.